The Balaban J connectivity index is 3.56. The van der Waals surface area contributed by atoms with Crippen molar-refractivity contribution >= 4 is 5.69 Å². The lowest BCUT2D eigenvalue weighted by Crippen LogP contribution is -2.42. The second kappa shape index (κ2) is 4.91. The predicted molar refractivity (Wildman–Crippen MR) is 59.0 cm³/mol. The molecule has 8 heteroatoms. The third-order valence-electron chi connectivity index (χ3n) is 2.20. The molecule has 1 rings (SSSR count). The van der Waals surface area contributed by atoms with Crippen molar-refractivity contribution in [3.63, 3.8) is 0 Å². The molecule has 0 aliphatic carbocycles. The quantitative estimate of drug-likeness (QED) is 0.556. The monoisotopic (exact) mass is 243 g/mol. The Morgan fingerprint density at radius 1 is 1.53 bits per heavy atom. The molecule has 1 atom stereocenters. The lowest BCUT2D eigenvalue weighted by Gasteiger charge is -2.09. The van der Waals surface area contributed by atoms with Gasteiger partial charge in [-0.1, -0.05) is 0 Å². The van der Waals surface area contributed by atoms with Crippen molar-refractivity contribution in [2.75, 3.05) is 0 Å². The van der Waals surface area contributed by atoms with E-state index in [1.54, 1.807) is 6.92 Å². The van der Waals surface area contributed by atoms with Gasteiger partial charge in [0, 0.05) is 6.54 Å². The summed E-state index contributed by atoms with van der Waals surface area (Å²) in [6.45, 7) is 2.96. The molecule has 1 unspecified atom stereocenters. The van der Waals surface area contributed by atoms with Crippen molar-refractivity contribution in [1.82, 2.24) is 9.13 Å². The molecule has 0 radical (unpaired) electrons. The lowest BCUT2D eigenvalue weighted by molar-refractivity contribution is -0.387. The van der Waals surface area contributed by atoms with Crippen molar-refractivity contribution in [3.8, 4) is 0 Å². The van der Waals surface area contributed by atoms with Crippen molar-refractivity contribution < 1.29 is 10.0 Å². The van der Waals surface area contributed by atoms with Crippen LogP contribution in [0.5, 0.6) is 0 Å². The van der Waals surface area contributed by atoms with Gasteiger partial charge in [0.1, 0.15) is 0 Å². The Morgan fingerprint density at radius 2 is 2.12 bits per heavy atom. The van der Waals surface area contributed by atoms with Crippen LogP contribution < -0.4 is 11.2 Å². The molecule has 94 valence electrons. The van der Waals surface area contributed by atoms with E-state index in [1.807, 2.05) is 0 Å². The van der Waals surface area contributed by atoms with Crippen LogP contribution in [0.1, 0.15) is 13.8 Å². The van der Waals surface area contributed by atoms with Gasteiger partial charge in [0.05, 0.1) is 23.8 Å². The normalized spacial score (nSPS) is 12.4. The van der Waals surface area contributed by atoms with E-state index in [2.05, 4.69) is 0 Å². The number of hydrogen-bond donors (Lipinski definition) is 1. The molecular weight excluding hydrogens is 230 g/mol. The Bertz CT molecular complexity index is 543. The third kappa shape index (κ3) is 2.59. The van der Waals surface area contributed by atoms with E-state index in [0.717, 1.165) is 10.8 Å². The first-order chi connectivity index (χ1) is 7.88. The van der Waals surface area contributed by atoms with E-state index in [4.69, 9.17) is 0 Å². The van der Waals surface area contributed by atoms with Gasteiger partial charge in [0.25, 0.3) is 0 Å². The van der Waals surface area contributed by atoms with Crippen molar-refractivity contribution in [2.45, 2.75) is 33.0 Å². The number of aliphatic hydroxyl groups excluding tert-OH is 1. The Morgan fingerprint density at radius 3 is 2.53 bits per heavy atom. The van der Waals surface area contributed by atoms with Gasteiger partial charge in [0.15, 0.2) is 0 Å². The molecular formula is C9H13N3O5. The highest BCUT2D eigenvalue weighted by atomic mass is 16.6. The van der Waals surface area contributed by atoms with E-state index in [0.29, 0.717) is 4.57 Å². The zero-order chi connectivity index (χ0) is 13.2. The summed E-state index contributed by atoms with van der Waals surface area (Å²) in [6, 6.07) is 0. The van der Waals surface area contributed by atoms with Gasteiger partial charge in [-0.15, -0.1) is 0 Å². The van der Waals surface area contributed by atoms with Crippen LogP contribution >= 0.6 is 0 Å². The number of nitro groups is 1. The number of aromatic nitrogens is 2. The van der Waals surface area contributed by atoms with Crippen LogP contribution in [-0.2, 0) is 13.1 Å². The predicted octanol–water partition coefficient (Wildman–Crippen LogP) is -0.681. The van der Waals surface area contributed by atoms with Gasteiger partial charge in [-0.25, -0.2) is 4.79 Å². The first-order valence-electron chi connectivity index (χ1n) is 5.05. The average Bonchev–Trinajstić information content (AvgIpc) is 2.23. The average molecular weight is 243 g/mol. The largest absolute Gasteiger partial charge is 0.392 e. The van der Waals surface area contributed by atoms with Crippen LogP contribution in [0, 0.1) is 10.1 Å². The van der Waals surface area contributed by atoms with Gasteiger partial charge >= 0.3 is 16.9 Å². The summed E-state index contributed by atoms with van der Waals surface area (Å²) < 4.78 is 1.73. The minimum atomic E-state index is -0.995. The highest BCUT2D eigenvalue weighted by Gasteiger charge is 2.19. The van der Waals surface area contributed by atoms with E-state index < -0.39 is 28.0 Å². The fraction of sp³-hybridized carbons (Fsp3) is 0.556. The molecule has 0 fully saturated rings. The zero-order valence-corrected chi connectivity index (χ0v) is 9.49. The summed E-state index contributed by atoms with van der Waals surface area (Å²) in [5, 5.41) is 19.8. The Labute approximate surface area is 95.9 Å². The van der Waals surface area contributed by atoms with Crippen molar-refractivity contribution in [2.24, 2.45) is 0 Å². The molecule has 0 bridgehead atoms. The maximum absolute atomic E-state index is 11.7. The van der Waals surface area contributed by atoms with E-state index in [-0.39, 0.29) is 13.1 Å². The molecule has 1 N–H and O–H groups in total. The summed E-state index contributed by atoms with van der Waals surface area (Å²) in [4.78, 5) is 33.2. The number of hydrogen-bond acceptors (Lipinski definition) is 5. The van der Waals surface area contributed by atoms with E-state index in [1.165, 1.54) is 6.92 Å². The van der Waals surface area contributed by atoms with Crippen molar-refractivity contribution in [3.05, 3.63) is 37.1 Å². The molecule has 0 amide bonds. The fourth-order valence-corrected chi connectivity index (χ4v) is 1.42. The molecule has 0 aliphatic rings. The molecule has 0 aromatic carbocycles. The van der Waals surface area contributed by atoms with Gasteiger partial charge in [-0.3, -0.25) is 24.0 Å². The fourth-order valence-electron chi connectivity index (χ4n) is 1.42. The van der Waals surface area contributed by atoms with Crippen molar-refractivity contribution in [1.29, 1.82) is 0 Å². The molecule has 8 nitrogen and oxygen atoms in total. The number of aryl methyl sites for hydroxylation is 1. The second-order valence-electron chi connectivity index (χ2n) is 3.60. The zero-order valence-electron chi connectivity index (χ0n) is 9.49. The minimum Gasteiger partial charge on any atom is -0.392 e. The SMILES string of the molecule is CCn1cc([N+](=O)[O-])c(=O)n(CC(C)O)c1=O. The smallest absolute Gasteiger partial charge is 0.350 e. The van der Waals surface area contributed by atoms with Gasteiger partial charge < -0.3 is 5.11 Å². The third-order valence-corrected chi connectivity index (χ3v) is 2.20. The summed E-state index contributed by atoms with van der Waals surface area (Å²) in [5.41, 5.74) is -2.33. The number of nitrogens with zero attached hydrogens (tertiary/aromatic N) is 3. The van der Waals surface area contributed by atoms with E-state index >= 15 is 0 Å². The minimum absolute atomic E-state index is 0.208. The van der Waals surface area contributed by atoms with Crippen LogP contribution in [0.25, 0.3) is 0 Å². The van der Waals surface area contributed by atoms with Crippen LogP contribution in [0.3, 0.4) is 0 Å². The Hall–Kier alpha value is -1.96. The second-order valence-corrected chi connectivity index (χ2v) is 3.60. The Kier molecular flexibility index (Phi) is 3.79. The summed E-state index contributed by atoms with van der Waals surface area (Å²) in [7, 11) is 0. The van der Waals surface area contributed by atoms with Crippen LogP contribution in [0.15, 0.2) is 15.8 Å². The molecule has 0 saturated heterocycles. The molecule has 1 aromatic heterocycles. The maximum Gasteiger partial charge on any atom is 0.350 e. The van der Waals surface area contributed by atoms with Crippen LogP contribution in [0.4, 0.5) is 5.69 Å². The highest BCUT2D eigenvalue weighted by molar-refractivity contribution is 5.21. The highest BCUT2D eigenvalue weighted by Crippen LogP contribution is 2.00. The molecule has 1 aromatic rings. The van der Waals surface area contributed by atoms with Gasteiger partial charge in [-0.2, -0.15) is 0 Å². The standard InChI is InChI=1S/C9H13N3O5/c1-3-10-5-7(12(16)17)8(14)11(9(10)15)4-6(2)13/h5-6,13H,3-4H2,1-2H3. The topological polar surface area (TPSA) is 107 Å². The number of rotatable bonds is 4. The maximum atomic E-state index is 11.7. The van der Waals surface area contributed by atoms with Gasteiger partial charge in [0.2, 0.25) is 0 Å². The molecule has 17 heavy (non-hydrogen) atoms. The van der Waals surface area contributed by atoms with E-state index in [9.17, 15) is 24.8 Å². The molecule has 0 saturated carbocycles. The molecule has 0 spiro atoms. The summed E-state index contributed by atoms with van der Waals surface area (Å²) in [6.07, 6.45) is -0.0175. The first-order valence-corrected chi connectivity index (χ1v) is 5.05. The lowest BCUT2D eigenvalue weighted by atomic mass is 10.4. The van der Waals surface area contributed by atoms with Crippen LogP contribution in [0.2, 0.25) is 0 Å². The van der Waals surface area contributed by atoms with Gasteiger partial charge in [-0.05, 0) is 13.8 Å². The van der Waals surface area contributed by atoms with Crippen LogP contribution in [-0.4, -0.2) is 25.3 Å². The first kappa shape index (κ1) is 13.1. The number of aliphatic hydroxyl groups is 1. The summed E-state index contributed by atoms with van der Waals surface area (Å²) in [5.74, 6) is 0. The molecule has 1 heterocycles. The molecule has 0 aliphatic heterocycles. The summed E-state index contributed by atoms with van der Waals surface area (Å²) >= 11 is 0.